The molecule has 0 aliphatic heterocycles. The van der Waals surface area contributed by atoms with Crippen molar-refractivity contribution in [2.75, 3.05) is 20.2 Å². The van der Waals surface area contributed by atoms with Gasteiger partial charge in [-0.25, -0.2) is 0 Å². The van der Waals surface area contributed by atoms with Crippen LogP contribution in [0.3, 0.4) is 0 Å². The fourth-order valence-electron chi connectivity index (χ4n) is 3.18. The number of nitrogens with one attached hydrogen (secondary N) is 1. The first-order chi connectivity index (χ1) is 9.55. The van der Waals surface area contributed by atoms with Gasteiger partial charge in [0.1, 0.15) is 0 Å². The van der Waals surface area contributed by atoms with Crippen molar-refractivity contribution >= 4 is 23.2 Å². The molecule has 1 aromatic carbocycles. The summed E-state index contributed by atoms with van der Waals surface area (Å²) in [6, 6.07) is 5.85. The first kappa shape index (κ1) is 17.8. The third-order valence-corrected chi connectivity index (χ3v) is 4.92. The van der Waals surface area contributed by atoms with Crippen LogP contribution in [0.15, 0.2) is 18.2 Å². The zero-order valence-electron chi connectivity index (χ0n) is 12.5. The predicted octanol–water partition coefficient (Wildman–Crippen LogP) is 4.27. The fourth-order valence-corrected chi connectivity index (χ4v) is 3.48. The van der Waals surface area contributed by atoms with Crippen LogP contribution in [0.2, 0.25) is 10.0 Å². The monoisotopic (exact) mass is 317 g/mol. The summed E-state index contributed by atoms with van der Waals surface area (Å²) < 4.78 is 0. The minimum atomic E-state index is -0.110. The van der Waals surface area contributed by atoms with Gasteiger partial charge in [-0.05, 0) is 37.1 Å². The number of hydrogen-bond acceptors (Lipinski definition) is 2. The summed E-state index contributed by atoms with van der Waals surface area (Å²) in [5.74, 6) is 0.201. The molecule has 0 spiro atoms. The second kappa shape index (κ2) is 8.23. The lowest BCUT2D eigenvalue weighted by Crippen LogP contribution is -2.45. The van der Waals surface area contributed by atoms with Gasteiger partial charge < -0.3 is 10.4 Å². The Morgan fingerprint density at radius 1 is 1.25 bits per heavy atom. The Kier molecular flexibility index (Phi) is 7.32. The maximum Gasteiger partial charge on any atom is 0.0595 e. The number of rotatable bonds is 8. The quantitative estimate of drug-likeness (QED) is 0.750. The van der Waals surface area contributed by atoms with E-state index in [-0.39, 0.29) is 17.9 Å². The van der Waals surface area contributed by atoms with Crippen LogP contribution in [-0.4, -0.2) is 25.3 Å². The van der Waals surface area contributed by atoms with Crippen LogP contribution in [-0.2, 0) is 5.41 Å². The lowest BCUT2D eigenvalue weighted by atomic mass is 9.66. The topological polar surface area (TPSA) is 32.3 Å². The van der Waals surface area contributed by atoms with E-state index in [9.17, 15) is 5.11 Å². The number of hydrogen-bond donors (Lipinski definition) is 2. The Labute approximate surface area is 132 Å². The minimum Gasteiger partial charge on any atom is -0.396 e. The van der Waals surface area contributed by atoms with E-state index in [0.29, 0.717) is 10.0 Å². The first-order valence-corrected chi connectivity index (χ1v) is 8.02. The maximum atomic E-state index is 9.81. The van der Waals surface area contributed by atoms with Crippen LogP contribution in [0.5, 0.6) is 0 Å². The van der Waals surface area contributed by atoms with Crippen molar-refractivity contribution in [2.24, 2.45) is 5.92 Å². The van der Waals surface area contributed by atoms with E-state index in [1.54, 1.807) is 0 Å². The number of aliphatic hydroxyl groups is 1. The second-order valence-electron chi connectivity index (χ2n) is 5.35. The van der Waals surface area contributed by atoms with Crippen LogP contribution < -0.4 is 5.32 Å². The van der Waals surface area contributed by atoms with E-state index in [1.165, 1.54) is 0 Å². The summed E-state index contributed by atoms with van der Waals surface area (Å²) in [5.41, 5.74) is 1.05. The highest BCUT2D eigenvalue weighted by Crippen LogP contribution is 2.40. The van der Waals surface area contributed by atoms with Gasteiger partial charge >= 0.3 is 0 Å². The van der Waals surface area contributed by atoms with E-state index >= 15 is 0 Å². The Morgan fingerprint density at radius 3 is 2.40 bits per heavy atom. The van der Waals surface area contributed by atoms with Gasteiger partial charge in [-0.1, -0.05) is 56.0 Å². The molecule has 0 radical (unpaired) electrons. The average Bonchev–Trinajstić information content (AvgIpc) is 2.43. The van der Waals surface area contributed by atoms with Crippen LogP contribution in [0.25, 0.3) is 0 Å². The molecule has 20 heavy (non-hydrogen) atoms. The Bertz CT molecular complexity index is 413. The van der Waals surface area contributed by atoms with Crippen LogP contribution >= 0.6 is 23.2 Å². The number of halogens is 2. The zero-order chi connectivity index (χ0) is 15.2. The molecule has 2 atom stereocenters. The summed E-state index contributed by atoms with van der Waals surface area (Å²) in [5, 5.41) is 14.3. The zero-order valence-corrected chi connectivity index (χ0v) is 14.1. The van der Waals surface area contributed by atoms with Crippen molar-refractivity contribution in [2.45, 2.75) is 38.5 Å². The number of benzene rings is 1. The van der Waals surface area contributed by atoms with Crippen molar-refractivity contribution in [1.82, 2.24) is 5.32 Å². The maximum absolute atomic E-state index is 9.81. The Morgan fingerprint density at radius 2 is 1.95 bits per heavy atom. The second-order valence-corrected chi connectivity index (χ2v) is 6.17. The van der Waals surface area contributed by atoms with Crippen molar-refractivity contribution < 1.29 is 5.11 Å². The Balaban J connectivity index is 3.35. The standard InChI is InChI=1S/C16H25Cl2NO/c1-4-8-16(11-19-3,12(5-2)10-20)13-6-7-14(17)15(18)9-13/h6-7,9,12,19-20H,4-5,8,10-11H2,1-3H3/t12-,16-/m0/s1. The third kappa shape index (κ3) is 3.67. The van der Waals surface area contributed by atoms with E-state index in [2.05, 4.69) is 19.2 Å². The molecule has 0 heterocycles. The van der Waals surface area contributed by atoms with Crippen LogP contribution in [0.1, 0.15) is 38.7 Å². The van der Waals surface area contributed by atoms with Crippen molar-refractivity contribution in [3.8, 4) is 0 Å². The van der Waals surface area contributed by atoms with E-state index in [0.717, 1.165) is 31.4 Å². The van der Waals surface area contributed by atoms with Gasteiger partial charge in [-0.2, -0.15) is 0 Å². The lowest BCUT2D eigenvalue weighted by Gasteiger charge is -2.41. The lowest BCUT2D eigenvalue weighted by molar-refractivity contribution is 0.133. The molecule has 1 rings (SSSR count). The molecule has 0 fully saturated rings. The van der Waals surface area contributed by atoms with E-state index in [4.69, 9.17) is 23.2 Å². The molecule has 2 nitrogen and oxygen atoms in total. The predicted molar refractivity (Wildman–Crippen MR) is 87.8 cm³/mol. The molecule has 114 valence electrons. The molecular weight excluding hydrogens is 293 g/mol. The van der Waals surface area contributed by atoms with Gasteiger partial charge in [-0.3, -0.25) is 0 Å². The van der Waals surface area contributed by atoms with E-state index < -0.39 is 0 Å². The largest absolute Gasteiger partial charge is 0.396 e. The van der Waals surface area contributed by atoms with Crippen molar-refractivity contribution in [3.05, 3.63) is 33.8 Å². The van der Waals surface area contributed by atoms with Crippen LogP contribution in [0, 0.1) is 5.92 Å². The number of aliphatic hydroxyl groups excluding tert-OH is 1. The molecule has 0 bridgehead atoms. The summed E-state index contributed by atoms with van der Waals surface area (Å²) in [6.45, 7) is 5.29. The normalized spacial score (nSPS) is 15.9. The molecule has 0 unspecified atom stereocenters. The van der Waals surface area contributed by atoms with Gasteiger partial charge in [0, 0.05) is 18.6 Å². The molecule has 0 aliphatic carbocycles. The van der Waals surface area contributed by atoms with Gasteiger partial charge in [0.2, 0.25) is 0 Å². The minimum absolute atomic E-state index is 0.110. The molecule has 2 N–H and O–H groups in total. The summed E-state index contributed by atoms with van der Waals surface area (Å²) >= 11 is 12.2. The molecule has 1 aromatic rings. The smallest absolute Gasteiger partial charge is 0.0595 e. The summed E-state index contributed by atoms with van der Waals surface area (Å²) in [4.78, 5) is 0. The van der Waals surface area contributed by atoms with Gasteiger partial charge in [0.05, 0.1) is 10.0 Å². The average molecular weight is 318 g/mol. The Hall–Kier alpha value is -0.280. The summed E-state index contributed by atoms with van der Waals surface area (Å²) in [6.07, 6.45) is 2.99. The van der Waals surface area contributed by atoms with Crippen LogP contribution in [0.4, 0.5) is 0 Å². The molecule has 0 saturated carbocycles. The highest BCUT2D eigenvalue weighted by atomic mass is 35.5. The molecule has 0 amide bonds. The molecule has 0 aliphatic rings. The molecule has 0 aromatic heterocycles. The molecular formula is C16H25Cl2NO. The van der Waals surface area contributed by atoms with Crippen molar-refractivity contribution in [3.63, 3.8) is 0 Å². The van der Waals surface area contributed by atoms with Gasteiger partial charge in [-0.15, -0.1) is 0 Å². The third-order valence-electron chi connectivity index (χ3n) is 4.18. The van der Waals surface area contributed by atoms with E-state index in [1.807, 2.05) is 25.2 Å². The fraction of sp³-hybridized carbons (Fsp3) is 0.625. The molecule has 0 saturated heterocycles. The highest BCUT2D eigenvalue weighted by Gasteiger charge is 2.38. The number of likely N-dealkylation sites (N-methyl/N-ethyl adjacent to an activating group) is 1. The highest BCUT2D eigenvalue weighted by molar-refractivity contribution is 6.42. The van der Waals surface area contributed by atoms with Crippen molar-refractivity contribution in [1.29, 1.82) is 0 Å². The van der Waals surface area contributed by atoms with Gasteiger partial charge in [0.25, 0.3) is 0 Å². The first-order valence-electron chi connectivity index (χ1n) is 7.26. The SMILES string of the molecule is CCC[C@@](CNC)(c1ccc(Cl)c(Cl)c1)[C@@H](CC)CO. The molecule has 4 heteroatoms. The van der Waals surface area contributed by atoms with Gasteiger partial charge in [0.15, 0.2) is 0 Å². The summed E-state index contributed by atoms with van der Waals surface area (Å²) in [7, 11) is 1.95.